The van der Waals surface area contributed by atoms with Crippen LogP contribution in [0.15, 0.2) is 12.2 Å². The maximum Gasteiger partial charge on any atom is 0.333 e. The predicted molar refractivity (Wildman–Crippen MR) is 63.3 cm³/mol. The zero-order valence-electron chi connectivity index (χ0n) is 11.0. The second-order valence-electron chi connectivity index (χ2n) is 4.97. The summed E-state index contributed by atoms with van der Waals surface area (Å²) in [5.41, 5.74) is -1.29. The highest BCUT2D eigenvalue weighted by Crippen LogP contribution is 2.44. The van der Waals surface area contributed by atoms with E-state index in [0.29, 0.717) is 25.0 Å². The summed E-state index contributed by atoms with van der Waals surface area (Å²) in [4.78, 5) is 23.5. The Balaban J connectivity index is 2.99. The Bertz CT molecular complexity index is 360. The van der Waals surface area contributed by atoms with Gasteiger partial charge in [-0.2, -0.15) is 0 Å². The van der Waals surface area contributed by atoms with Gasteiger partial charge in [0, 0.05) is 12.0 Å². The van der Waals surface area contributed by atoms with Crippen molar-refractivity contribution in [2.45, 2.75) is 46.1 Å². The minimum atomic E-state index is -0.851. The van der Waals surface area contributed by atoms with Crippen LogP contribution in [0.1, 0.15) is 40.5 Å². The van der Waals surface area contributed by atoms with Crippen molar-refractivity contribution in [2.75, 3.05) is 6.61 Å². The third kappa shape index (κ3) is 2.21. The van der Waals surface area contributed by atoms with Gasteiger partial charge in [-0.1, -0.05) is 13.5 Å². The summed E-state index contributed by atoms with van der Waals surface area (Å²) in [5.74, 6) is -0.758. The molecule has 96 valence electrons. The Morgan fingerprint density at radius 1 is 1.65 bits per heavy atom. The number of hydrogen-bond acceptors (Lipinski definition) is 4. The molecule has 0 radical (unpaired) electrons. The van der Waals surface area contributed by atoms with E-state index in [9.17, 15) is 9.59 Å². The van der Waals surface area contributed by atoms with Gasteiger partial charge in [0.05, 0.1) is 6.61 Å². The van der Waals surface area contributed by atoms with E-state index in [0.717, 1.165) is 0 Å². The number of cyclic esters (lactones) is 1. The topological polar surface area (TPSA) is 52.6 Å². The first-order valence-electron chi connectivity index (χ1n) is 5.83. The van der Waals surface area contributed by atoms with Gasteiger partial charge in [-0.3, -0.25) is 4.79 Å². The first-order chi connectivity index (χ1) is 7.77. The Hall–Kier alpha value is -1.32. The number of carbonyl (C=O) groups is 2. The molecule has 1 heterocycles. The average Bonchev–Trinajstić information content (AvgIpc) is 2.60. The molecule has 0 bridgehead atoms. The summed E-state index contributed by atoms with van der Waals surface area (Å²) in [7, 11) is 0. The van der Waals surface area contributed by atoms with Crippen LogP contribution in [0, 0.1) is 5.41 Å². The van der Waals surface area contributed by atoms with E-state index < -0.39 is 17.0 Å². The lowest BCUT2D eigenvalue weighted by atomic mass is 9.71. The van der Waals surface area contributed by atoms with Gasteiger partial charge in [0.15, 0.2) is 0 Å². The Kier molecular flexibility index (Phi) is 3.65. The summed E-state index contributed by atoms with van der Waals surface area (Å²) < 4.78 is 10.5. The van der Waals surface area contributed by atoms with Gasteiger partial charge < -0.3 is 9.47 Å². The highest BCUT2D eigenvalue weighted by atomic mass is 16.6. The van der Waals surface area contributed by atoms with Gasteiger partial charge in [-0.05, 0) is 27.2 Å². The average molecular weight is 240 g/mol. The maximum absolute atomic E-state index is 11.8. The molecule has 0 saturated carbocycles. The Labute approximate surface area is 102 Å². The number of esters is 2. The SMILES string of the molecule is C=C(C)C(=O)OC(C)(CC)C1(C)CCOC1=O. The van der Waals surface area contributed by atoms with Crippen LogP contribution >= 0.6 is 0 Å². The molecule has 4 nitrogen and oxygen atoms in total. The number of carbonyl (C=O) groups excluding carboxylic acids is 2. The predicted octanol–water partition coefficient (Wildman–Crippen LogP) is 2.23. The summed E-state index contributed by atoms with van der Waals surface area (Å²) in [6.07, 6.45) is 1.12. The molecule has 1 aliphatic rings. The van der Waals surface area contributed by atoms with Crippen LogP contribution in [0.3, 0.4) is 0 Å². The van der Waals surface area contributed by atoms with E-state index in [-0.39, 0.29) is 5.97 Å². The molecule has 2 atom stereocenters. The minimum Gasteiger partial charge on any atom is -0.465 e. The van der Waals surface area contributed by atoms with Crippen LogP contribution in [-0.2, 0) is 19.1 Å². The van der Waals surface area contributed by atoms with Crippen molar-refractivity contribution in [1.82, 2.24) is 0 Å². The molecule has 1 fully saturated rings. The lowest BCUT2D eigenvalue weighted by Crippen LogP contribution is -2.50. The van der Waals surface area contributed by atoms with Crippen molar-refractivity contribution in [3.8, 4) is 0 Å². The molecular formula is C13H20O4. The lowest BCUT2D eigenvalue weighted by Gasteiger charge is -2.39. The van der Waals surface area contributed by atoms with Crippen LogP contribution in [0.2, 0.25) is 0 Å². The molecule has 0 aromatic carbocycles. The largest absolute Gasteiger partial charge is 0.465 e. The van der Waals surface area contributed by atoms with E-state index in [1.807, 2.05) is 6.92 Å². The number of rotatable bonds is 4. The molecule has 0 aromatic rings. The Morgan fingerprint density at radius 2 is 2.24 bits per heavy atom. The maximum atomic E-state index is 11.8. The number of ether oxygens (including phenoxy) is 2. The molecule has 0 amide bonds. The third-order valence-electron chi connectivity index (χ3n) is 3.79. The fourth-order valence-electron chi connectivity index (χ4n) is 1.96. The first-order valence-corrected chi connectivity index (χ1v) is 5.83. The molecule has 0 aliphatic carbocycles. The van der Waals surface area contributed by atoms with Gasteiger partial charge in [-0.25, -0.2) is 4.79 Å². The first kappa shape index (κ1) is 13.7. The highest BCUT2D eigenvalue weighted by Gasteiger charge is 2.55. The molecular weight excluding hydrogens is 220 g/mol. The van der Waals surface area contributed by atoms with Gasteiger partial charge in [0.1, 0.15) is 11.0 Å². The van der Waals surface area contributed by atoms with Crippen LogP contribution in [-0.4, -0.2) is 24.1 Å². The molecule has 0 aromatic heterocycles. The fourth-order valence-corrected chi connectivity index (χ4v) is 1.96. The van der Waals surface area contributed by atoms with Crippen molar-refractivity contribution in [2.24, 2.45) is 5.41 Å². The van der Waals surface area contributed by atoms with Gasteiger partial charge in [-0.15, -0.1) is 0 Å². The van der Waals surface area contributed by atoms with Crippen molar-refractivity contribution >= 4 is 11.9 Å². The smallest absolute Gasteiger partial charge is 0.333 e. The lowest BCUT2D eigenvalue weighted by molar-refractivity contribution is -0.176. The summed E-state index contributed by atoms with van der Waals surface area (Å²) in [5, 5.41) is 0. The van der Waals surface area contributed by atoms with E-state index in [1.165, 1.54) is 0 Å². The summed E-state index contributed by atoms with van der Waals surface area (Å²) in [6.45, 7) is 11.0. The molecule has 2 unspecified atom stereocenters. The van der Waals surface area contributed by atoms with Crippen molar-refractivity contribution in [3.05, 3.63) is 12.2 Å². The van der Waals surface area contributed by atoms with Gasteiger partial charge in [0.25, 0.3) is 0 Å². The van der Waals surface area contributed by atoms with Crippen LogP contribution in [0.5, 0.6) is 0 Å². The molecule has 0 spiro atoms. The van der Waals surface area contributed by atoms with E-state index in [2.05, 4.69) is 6.58 Å². The van der Waals surface area contributed by atoms with Crippen LogP contribution in [0.4, 0.5) is 0 Å². The molecule has 17 heavy (non-hydrogen) atoms. The van der Waals surface area contributed by atoms with Crippen LogP contribution in [0.25, 0.3) is 0 Å². The van der Waals surface area contributed by atoms with Gasteiger partial charge >= 0.3 is 11.9 Å². The highest BCUT2D eigenvalue weighted by molar-refractivity contribution is 5.88. The standard InChI is InChI=1S/C13H20O4/c1-6-13(5,17-10(14)9(2)3)12(4)7-8-16-11(12)15/h2,6-8H2,1,3-5H3. The minimum absolute atomic E-state index is 0.295. The quantitative estimate of drug-likeness (QED) is 0.558. The van der Waals surface area contributed by atoms with Crippen LogP contribution < -0.4 is 0 Å². The van der Waals surface area contributed by atoms with E-state index in [1.54, 1.807) is 20.8 Å². The summed E-state index contributed by atoms with van der Waals surface area (Å²) in [6, 6.07) is 0. The Morgan fingerprint density at radius 3 is 2.59 bits per heavy atom. The third-order valence-corrected chi connectivity index (χ3v) is 3.79. The fraction of sp³-hybridized carbons (Fsp3) is 0.692. The molecule has 1 rings (SSSR count). The summed E-state index contributed by atoms with van der Waals surface area (Å²) >= 11 is 0. The van der Waals surface area contributed by atoms with E-state index >= 15 is 0 Å². The normalized spacial score (nSPS) is 27.2. The zero-order valence-corrected chi connectivity index (χ0v) is 11.0. The molecule has 1 aliphatic heterocycles. The second-order valence-corrected chi connectivity index (χ2v) is 4.97. The van der Waals surface area contributed by atoms with Crippen molar-refractivity contribution in [1.29, 1.82) is 0 Å². The monoisotopic (exact) mass is 240 g/mol. The molecule has 0 N–H and O–H groups in total. The second kappa shape index (κ2) is 4.51. The van der Waals surface area contributed by atoms with E-state index in [4.69, 9.17) is 9.47 Å². The zero-order chi connectivity index (χ0) is 13.3. The van der Waals surface area contributed by atoms with Crippen molar-refractivity contribution < 1.29 is 19.1 Å². The van der Waals surface area contributed by atoms with Crippen molar-refractivity contribution in [3.63, 3.8) is 0 Å². The van der Waals surface area contributed by atoms with Gasteiger partial charge in [0.2, 0.25) is 0 Å². The molecule has 4 heteroatoms. The number of hydrogen-bond donors (Lipinski definition) is 0. The molecule has 1 saturated heterocycles.